The molecule has 0 amide bonds. The summed E-state index contributed by atoms with van der Waals surface area (Å²) in [6.07, 6.45) is 3.08. The summed E-state index contributed by atoms with van der Waals surface area (Å²) in [5, 5.41) is 0. The van der Waals surface area contributed by atoms with Crippen LogP contribution in [0.5, 0.6) is 0 Å². The van der Waals surface area contributed by atoms with Gasteiger partial charge in [0.2, 0.25) is 0 Å². The van der Waals surface area contributed by atoms with E-state index >= 15 is 0 Å². The molecule has 132 valence electrons. The Kier molecular flexibility index (Phi) is 6.41. The number of rotatable bonds is 5. The maximum Gasteiger partial charge on any atom is 0.344 e. The Morgan fingerprint density at radius 3 is 2.58 bits per heavy atom. The van der Waals surface area contributed by atoms with Crippen molar-refractivity contribution in [2.24, 2.45) is 17.8 Å². The summed E-state index contributed by atoms with van der Waals surface area (Å²) >= 11 is 0. The third-order valence-corrected chi connectivity index (χ3v) is 4.93. The summed E-state index contributed by atoms with van der Waals surface area (Å²) in [6, 6.07) is 7.17. The van der Waals surface area contributed by atoms with Crippen molar-refractivity contribution in [3.8, 4) is 0 Å². The highest BCUT2D eigenvalue weighted by Crippen LogP contribution is 2.35. The molecule has 0 heterocycles. The zero-order chi connectivity index (χ0) is 17.7. The third-order valence-electron chi connectivity index (χ3n) is 4.93. The predicted octanol–water partition coefficient (Wildman–Crippen LogP) is 4.16. The van der Waals surface area contributed by atoms with E-state index in [2.05, 4.69) is 20.8 Å². The molecular formula is C20H28O4. The van der Waals surface area contributed by atoms with Crippen molar-refractivity contribution in [2.45, 2.75) is 53.1 Å². The van der Waals surface area contributed by atoms with Gasteiger partial charge in [0.1, 0.15) is 6.10 Å². The Labute approximate surface area is 144 Å². The van der Waals surface area contributed by atoms with Gasteiger partial charge in [0.15, 0.2) is 6.61 Å². The first-order chi connectivity index (χ1) is 11.4. The van der Waals surface area contributed by atoms with Crippen LogP contribution in [0.4, 0.5) is 0 Å². The molecule has 3 atom stereocenters. The van der Waals surface area contributed by atoms with Crippen LogP contribution < -0.4 is 0 Å². The first-order valence-electron chi connectivity index (χ1n) is 8.80. The molecule has 0 saturated heterocycles. The summed E-state index contributed by atoms with van der Waals surface area (Å²) in [5.41, 5.74) is 1.31. The lowest BCUT2D eigenvalue weighted by Gasteiger charge is -2.36. The fourth-order valence-corrected chi connectivity index (χ4v) is 3.46. The number of benzene rings is 1. The van der Waals surface area contributed by atoms with E-state index in [1.807, 2.05) is 19.1 Å². The van der Waals surface area contributed by atoms with Gasteiger partial charge in [-0.25, -0.2) is 9.59 Å². The predicted molar refractivity (Wildman–Crippen MR) is 92.7 cm³/mol. The number of carbonyl (C=O) groups is 2. The van der Waals surface area contributed by atoms with Crippen molar-refractivity contribution in [2.75, 3.05) is 6.61 Å². The molecule has 1 fully saturated rings. The minimum atomic E-state index is -0.484. The van der Waals surface area contributed by atoms with Gasteiger partial charge in [-0.05, 0) is 49.1 Å². The molecule has 1 aliphatic carbocycles. The monoisotopic (exact) mass is 332 g/mol. The van der Waals surface area contributed by atoms with Crippen molar-refractivity contribution < 1.29 is 19.1 Å². The molecule has 0 unspecified atom stereocenters. The lowest BCUT2D eigenvalue weighted by molar-refractivity contribution is -0.159. The van der Waals surface area contributed by atoms with Crippen LogP contribution in [0, 0.1) is 24.7 Å². The summed E-state index contributed by atoms with van der Waals surface area (Å²) in [4.78, 5) is 24.2. The first-order valence-corrected chi connectivity index (χ1v) is 8.80. The Hall–Kier alpha value is -1.84. The van der Waals surface area contributed by atoms with E-state index in [-0.39, 0.29) is 12.7 Å². The van der Waals surface area contributed by atoms with Crippen LogP contribution in [0.15, 0.2) is 24.3 Å². The van der Waals surface area contributed by atoms with E-state index in [0.29, 0.717) is 23.3 Å². The van der Waals surface area contributed by atoms with Crippen LogP contribution in [-0.2, 0) is 14.3 Å². The Morgan fingerprint density at radius 2 is 1.92 bits per heavy atom. The Balaban J connectivity index is 1.88. The highest BCUT2D eigenvalue weighted by atomic mass is 16.6. The Bertz CT molecular complexity index is 579. The normalized spacial score (nSPS) is 23.8. The second-order valence-corrected chi connectivity index (χ2v) is 7.25. The van der Waals surface area contributed by atoms with Crippen LogP contribution in [0.25, 0.3) is 0 Å². The van der Waals surface area contributed by atoms with Crippen LogP contribution in [0.1, 0.15) is 56.0 Å². The van der Waals surface area contributed by atoms with Crippen molar-refractivity contribution in [1.29, 1.82) is 0 Å². The van der Waals surface area contributed by atoms with Gasteiger partial charge in [-0.1, -0.05) is 45.4 Å². The molecule has 0 bridgehead atoms. The maximum absolute atomic E-state index is 12.1. The first kappa shape index (κ1) is 18.5. The zero-order valence-electron chi connectivity index (χ0n) is 15.1. The van der Waals surface area contributed by atoms with E-state index in [9.17, 15) is 9.59 Å². The average Bonchev–Trinajstić information content (AvgIpc) is 2.53. The molecule has 1 saturated carbocycles. The fraction of sp³-hybridized carbons (Fsp3) is 0.600. The molecule has 2 rings (SSSR count). The fourth-order valence-electron chi connectivity index (χ4n) is 3.46. The molecule has 0 N–H and O–H groups in total. The molecule has 24 heavy (non-hydrogen) atoms. The minimum Gasteiger partial charge on any atom is -0.460 e. The third kappa shape index (κ3) is 4.83. The molecule has 0 aliphatic heterocycles. The number of aryl methyl sites for hydroxylation is 1. The van der Waals surface area contributed by atoms with Crippen molar-refractivity contribution in [3.05, 3.63) is 35.4 Å². The topological polar surface area (TPSA) is 52.6 Å². The molecule has 0 spiro atoms. The quantitative estimate of drug-likeness (QED) is 0.760. The molecule has 1 aromatic rings. The molecule has 4 heteroatoms. The van der Waals surface area contributed by atoms with Gasteiger partial charge in [0.05, 0.1) is 5.56 Å². The largest absolute Gasteiger partial charge is 0.460 e. The van der Waals surface area contributed by atoms with E-state index in [0.717, 1.165) is 18.4 Å². The van der Waals surface area contributed by atoms with Crippen molar-refractivity contribution in [1.82, 2.24) is 0 Å². The second kappa shape index (κ2) is 8.32. The highest BCUT2D eigenvalue weighted by molar-refractivity contribution is 5.92. The van der Waals surface area contributed by atoms with Crippen molar-refractivity contribution >= 4 is 11.9 Å². The van der Waals surface area contributed by atoms with Gasteiger partial charge in [0.25, 0.3) is 0 Å². The van der Waals surface area contributed by atoms with Gasteiger partial charge < -0.3 is 9.47 Å². The van der Waals surface area contributed by atoms with Crippen LogP contribution in [-0.4, -0.2) is 24.6 Å². The number of hydrogen-bond donors (Lipinski definition) is 0. The lowest BCUT2D eigenvalue weighted by atomic mass is 9.75. The minimum absolute atomic E-state index is 0.0709. The van der Waals surface area contributed by atoms with E-state index in [1.54, 1.807) is 12.1 Å². The van der Waals surface area contributed by atoms with Gasteiger partial charge >= 0.3 is 11.9 Å². The maximum atomic E-state index is 12.1. The number of ether oxygens (including phenoxy) is 2. The van der Waals surface area contributed by atoms with Crippen LogP contribution in [0.3, 0.4) is 0 Å². The Morgan fingerprint density at radius 1 is 1.21 bits per heavy atom. The molecular weight excluding hydrogens is 304 g/mol. The van der Waals surface area contributed by atoms with Gasteiger partial charge in [0, 0.05) is 0 Å². The van der Waals surface area contributed by atoms with Gasteiger partial charge in [-0.2, -0.15) is 0 Å². The summed E-state index contributed by atoms with van der Waals surface area (Å²) in [7, 11) is 0. The molecule has 4 nitrogen and oxygen atoms in total. The van der Waals surface area contributed by atoms with E-state index in [4.69, 9.17) is 9.47 Å². The second-order valence-electron chi connectivity index (χ2n) is 7.25. The molecule has 1 aromatic carbocycles. The smallest absolute Gasteiger partial charge is 0.344 e. The van der Waals surface area contributed by atoms with Crippen molar-refractivity contribution in [3.63, 3.8) is 0 Å². The number of carbonyl (C=O) groups excluding carboxylic acids is 2. The number of esters is 2. The van der Waals surface area contributed by atoms with Crippen LogP contribution >= 0.6 is 0 Å². The average molecular weight is 332 g/mol. The molecule has 0 radical (unpaired) electrons. The summed E-state index contributed by atoms with van der Waals surface area (Å²) in [5.74, 6) is 0.485. The van der Waals surface area contributed by atoms with Gasteiger partial charge in [-0.3, -0.25) is 0 Å². The standard InChI is InChI=1S/C20H28O4/c1-13(2)16-10-9-14(3)11-18(16)24-19(21)12-23-20(22)17-8-6-5-7-15(17)4/h5-8,13-14,16,18H,9-12H2,1-4H3/t14-,16-,18+/m1/s1. The lowest BCUT2D eigenvalue weighted by Crippen LogP contribution is -2.36. The summed E-state index contributed by atoms with van der Waals surface area (Å²) in [6.45, 7) is 8.03. The van der Waals surface area contributed by atoms with E-state index in [1.165, 1.54) is 6.42 Å². The van der Waals surface area contributed by atoms with Gasteiger partial charge in [-0.15, -0.1) is 0 Å². The zero-order valence-corrected chi connectivity index (χ0v) is 15.1. The molecule has 1 aliphatic rings. The SMILES string of the molecule is Cc1ccccc1C(=O)OCC(=O)O[C@H]1C[C@H](C)CC[C@@H]1C(C)C. The summed E-state index contributed by atoms with van der Waals surface area (Å²) < 4.78 is 10.8. The van der Waals surface area contributed by atoms with Crippen LogP contribution in [0.2, 0.25) is 0 Å². The molecule has 0 aromatic heterocycles. The van der Waals surface area contributed by atoms with E-state index < -0.39 is 11.9 Å². The highest BCUT2D eigenvalue weighted by Gasteiger charge is 2.33. The number of hydrogen-bond acceptors (Lipinski definition) is 4.